The van der Waals surface area contributed by atoms with Gasteiger partial charge in [0.15, 0.2) is 0 Å². The van der Waals surface area contributed by atoms with E-state index in [9.17, 15) is 4.79 Å². The minimum absolute atomic E-state index is 0.230. The van der Waals surface area contributed by atoms with Crippen LogP contribution < -0.4 is 10.5 Å². The second-order valence-corrected chi connectivity index (χ2v) is 5.50. The monoisotopic (exact) mass is 276 g/mol. The molecule has 0 saturated carbocycles. The number of hydrogen-bond donors (Lipinski definition) is 1. The van der Waals surface area contributed by atoms with Gasteiger partial charge in [-0.3, -0.25) is 4.79 Å². The summed E-state index contributed by atoms with van der Waals surface area (Å²) < 4.78 is 5.65. The third kappa shape index (κ3) is 4.23. The molecule has 0 aliphatic carbocycles. The van der Waals surface area contributed by atoms with Crippen LogP contribution in [0.25, 0.3) is 0 Å². The lowest BCUT2D eigenvalue weighted by Crippen LogP contribution is -2.29. The lowest BCUT2D eigenvalue weighted by molar-refractivity contribution is -0.130. The lowest BCUT2D eigenvalue weighted by Gasteiger charge is -2.16. The minimum Gasteiger partial charge on any atom is -0.494 e. The average molecular weight is 276 g/mol. The number of amides is 1. The molecule has 2 N–H and O–H groups in total. The molecule has 1 aromatic carbocycles. The highest BCUT2D eigenvalue weighted by Crippen LogP contribution is 2.16. The topological polar surface area (TPSA) is 55.6 Å². The van der Waals surface area contributed by atoms with Crippen LogP contribution in [0.5, 0.6) is 5.75 Å². The Hall–Kier alpha value is -1.55. The van der Waals surface area contributed by atoms with E-state index in [1.165, 1.54) is 5.56 Å². The molecule has 4 heteroatoms. The first kappa shape index (κ1) is 14.9. The van der Waals surface area contributed by atoms with E-state index in [1.54, 1.807) is 0 Å². The molecule has 0 bridgehead atoms. The Kier molecular flexibility index (Phi) is 5.41. The normalized spacial score (nSPS) is 18.3. The van der Waals surface area contributed by atoms with E-state index in [2.05, 4.69) is 0 Å². The van der Waals surface area contributed by atoms with Gasteiger partial charge in [-0.1, -0.05) is 12.1 Å². The Morgan fingerprint density at radius 1 is 1.50 bits per heavy atom. The third-order valence-electron chi connectivity index (χ3n) is 3.77. The number of likely N-dealkylation sites (tertiary alicyclic amines) is 1. The van der Waals surface area contributed by atoms with Crippen molar-refractivity contribution in [2.45, 2.75) is 26.2 Å². The zero-order valence-electron chi connectivity index (χ0n) is 12.2. The van der Waals surface area contributed by atoms with Crippen molar-refractivity contribution in [3.8, 4) is 5.75 Å². The van der Waals surface area contributed by atoms with Gasteiger partial charge in [-0.25, -0.2) is 0 Å². The van der Waals surface area contributed by atoms with E-state index in [-0.39, 0.29) is 5.91 Å². The van der Waals surface area contributed by atoms with Crippen molar-refractivity contribution in [2.75, 3.05) is 26.2 Å². The molecule has 4 nitrogen and oxygen atoms in total. The summed E-state index contributed by atoms with van der Waals surface area (Å²) >= 11 is 0. The molecule has 1 aliphatic rings. The number of nitrogens with two attached hydrogens (primary N) is 1. The first-order valence-electron chi connectivity index (χ1n) is 7.36. The summed E-state index contributed by atoms with van der Waals surface area (Å²) in [5.74, 6) is 1.60. The number of hydrogen-bond acceptors (Lipinski definition) is 3. The summed E-state index contributed by atoms with van der Waals surface area (Å²) in [6.07, 6.45) is 2.36. The van der Waals surface area contributed by atoms with Crippen LogP contribution in [0.4, 0.5) is 0 Å². The van der Waals surface area contributed by atoms with E-state index in [0.29, 0.717) is 25.5 Å². The maximum absolute atomic E-state index is 12.0. The smallest absolute Gasteiger partial charge is 0.222 e. The predicted octanol–water partition coefficient (Wildman–Crippen LogP) is 1.96. The summed E-state index contributed by atoms with van der Waals surface area (Å²) in [4.78, 5) is 13.9. The zero-order chi connectivity index (χ0) is 14.4. The molecule has 1 atom stereocenters. The molecule has 1 heterocycles. The molecular formula is C16H24N2O2. The third-order valence-corrected chi connectivity index (χ3v) is 3.77. The van der Waals surface area contributed by atoms with Gasteiger partial charge in [0, 0.05) is 19.5 Å². The molecule has 20 heavy (non-hydrogen) atoms. The van der Waals surface area contributed by atoms with Crippen LogP contribution in [0.3, 0.4) is 0 Å². The van der Waals surface area contributed by atoms with E-state index in [1.807, 2.05) is 36.1 Å². The van der Waals surface area contributed by atoms with Gasteiger partial charge in [-0.15, -0.1) is 0 Å². The Balaban J connectivity index is 1.65. The Labute approximate surface area is 120 Å². The molecule has 1 aliphatic heterocycles. The van der Waals surface area contributed by atoms with Crippen molar-refractivity contribution < 1.29 is 9.53 Å². The highest BCUT2D eigenvalue weighted by molar-refractivity contribution is 5.76. The van der Waals surface area contributed by atoms with Gasteiger partial charge in [0.2, 0.25) is 5.91 Å². The summed E-state index contributed by atoms with van der Waals surface area (Å²) in [7, 11) is 0. The van der Waals surface area contributed by atoms with E-state index in [0.717, 1.165) is 31.7 Å². The second kappa shape index (κ2) is 7.29. The number of ether oxygens (including phenoxy) is 1. The number of rotatable bonds is 6. The van der Waals surface area contributed by atoms with Crippen LogP contribution in [0.2, 0.25) is 0 Å². The maximum atomic E-state index is 12.0. The fourth-order valence-corrected chi connectivity index (χ4v) is 2.53. The molecule has 1 unspecified atom stereocenters. The van der Waals surface area contributed by atoms with E-state index < -0.39 is 0 Å². The second-order valence-electron chi connectivity index (χ2n) is 5.50. The number of carbonyl (C=O) groups is 1. The summed E-state index contributed by atoms with van der Waals surface area (Å²) in [6.45, 7) is 4.99. The fourth-order valence-electron chi connectivity index (χ4n) is 2.53. The summed E-state index contributed by atoms with van der Waals surface area (Å²) in [6, 6.07) is 7.97. The van der Waals surface area contributed by atoms with Crippen molar-refractivity contribution in [1.29, 1.82) is 0 Å². The quantitative estimate of drug-likeness (QED) is 0.808. The van der Waals surface area contributed by atoms with Crippen molar-refractivity contribution >= 4 is 5.91 Å². The first-order chi connectivity index (χ1) is 9.69. The molecule has 1 amide bonds. The van der Waals surface area contributed by atoms with Crippen molar-refractivity contribution in [3.05, 3.63) is 29.8 Å². The van der Waals surface area contributed by atoms with Gasteiger partial charge in [-0.05, 0) is 49.9 Å². The molecule has 0 radical (unpaired) electrons. The molecule has 0 aromatic heterocycles. The van der Waals surface area contributed by atoms with Crippen molar-refractivity contribution in [1.82, 2.24) is 4.90 Å². The van der Waals surface area contributed by atoms with Crippen LogP contribution in [-0.2, 0) is 4.79 Å². The number of nitrogens with zero attached hydrogens (tertiary/aromatic N) is 1. The van der Waals surface area contributed by atoms with Crippen LogP contribution in [0, 0.1) is 12.8 Å². The van der Waals surface area contributed by atoms with Gasteiger partial charge in [-0.2, -0.15) is 0 Å². The highest BCUT2D eigenvalue weighted by atomic mass is 16.5. The molecule has 1 saturated heterocycles. The zero-order valence-corrected chi connectivity index (χ0v) is 12.2. The fraction of sp³-hybridized carbons (Fsp3) is 0.562. The average Bonchev–Trinajstić information content (AvgIpc) is 2.92. The van der Waals surface area contributed by atoms with Crippen molar-refractivity contribution in [2.24, 2.45) is 11.7 Å². The van der Waals surface area contributed by atoms with Crippen molar-refractivity contribution in [3.63, 3.8) is 0 Å². The molecule has 1 fully saturated rings. The van der Waals surface area contributed by atoms with Gasteiger partial charge in [0.1, 0.15) is 5.75 Å². The van der Waals surface area contributed by atoms with Crippen LogP contribution >= 0.6 is 0 Å². The van der Waals surface area contributed by atoms with Crippen LogP contribution in [0.15, 0.2) is 24.3 Å². The molecule has 0 spiro atoms. The number of aryl methyl sites for hydroxylation is 1. The number of benzene rings is 1. The number of carbonyl (C=O) groups excluding carboxylic acids is 1. The summed E-state index contributed by atoms with van der Waals surface area (Å²) in [5, 5.41) is 0. The molecule has 2 rings (SSSR count). The Morgan fingerprint density at radius 3 is 3.05 bits per heavy atom. The van der Waals surface area contributed by atoms with E-state index >= 15 is 0 Å². The first-order valence-corrected chi connectivity index (χ1v) is 7.36. The van der Waals surface area contributed by atoms with Crippen LogP contribution in [0.1, 0.15) is 24.8 Å². The van der Waals surface area contributed by atoms with Gasteiger partial charge < -0.3 is 15.4 Å². The predicted molar refractivity (Wildman–Crippen MR) is 79.6 cm³/mol. The van der Waals surface area contributed by atoms with Gasteiger partial charge in [0.05, 0.1) is 6.61 Å². The SMILES string of the molecule is Cc1cccc(OCCCC(=O)N2CCC(CN)C2)c1. The largest absolute Gasteiger partial charge is 0.494 e. The molecule has 110 valence electrons. The lowest BCUT2D eigenvalue weighted by atomic mass is 10.1. The van der Waals surface area contributed by atoms with Crippen LogP contribution in [-0.4, -0.2) is 37.0 Å². The maximum Gasteiger partial charge on any atom is 0.222 e. The summed E-state index contributed by atoms with van der Waals surface area (Å²) in [5.41, 5.74) is 6.82. The highest BCUT2D eigenvalue weighted by Gasteiger charge is 2.24. The Bertz CT molecular complexity index is 448. The Morgan fingerprint density at radius 2 is 2.35 bits per heavy atom. The van der Waals surface area contributed by atoms with E-state index in [4.69, 9.17) is 10.5 Å². The molecular weight excluding hydrogens is 252 g/mol. The molecule has 1 aromatic rings. The minimum atomic E-state index is 0.230. The van der Waals surface area contributed by atoms with Gasteiger partial charge >= 0.3 is 0 Å². The standard InChI is InChI=1S/C16H24N2O2/c1-13-4-2-5-15(10-13)20-9-3-6-16(19)18-8-7-14(11-17)12-18/h2,4-5,10,14H,3,6-9,11-12,17H2,1H3. The van der Waals surface area contributed by atoms with Gasteiger partial charge in [0.25, 0.3) is 0 Å².